The number of esters is 1. The van der Waals surface area contributed by atoms with Crippen molar-refractivity contribution in [2.75, 3.05) is 25.2 Å². The molecule has 2 aromatic carbocycles. The Kier molecular flexibility index (Phi) is 7.39. The maximum absolute atomic E-state index is 13.1. The van der Waals surface area contributed by atoms with Crippen LogP contribution in [0.5, 0.6) is 5.75 Å². The number of benzene rings is 2. The Balaban J connectivity index is 1.40. The van der Waals surface area contributed by atoms with E-state index in [0.29, 0.717) is 36.7 Å². The molecular weight excluding hydrogens is 450 g/mol. The third-order valence-corrected chi connectivity index (χ3v) is 5.60. The predicted molar refractivity (Wildman–Crippen MR) is 127 cm³/mol. The summed E-state index contributed by atoms with van der Waals surface area (Å²) >= 11 is 0. The lowest BCUT2D eigenvalue weighted by molar-refractivity contribution is -0.143. The Morgan fingerprint density at radius 1 is 1.20 bits per heavy atom. The Hall–Kier alpha value is -4.21. The van der Waals surface area contributed by atoms with Crippen LogP contribution in [0.2, 0.25) is 0 Å². The van der Waals surface area contributed by atoms with E-state index in [0.717, 1.165) is 11.1 Å². The third kappa shape index (κ3) is 5.84. The smallest absolute Gasteiger partial charge is 0.306 e. The Morgan fingerprint density at radius 3 is 2.77 bits per heavy atom. The fraction of sp³-hybridized carbons (Fsp3) is 0.320. The summed E-state index contributed by atoms with van der Waals surface area (Å²) in [5, 5.41) is 9.44. The van der Waals surface area contributed by atoms with Gasteiger partial charge in [0.1, 0.15) is 24.2 Å². The number of nitrogens with zero attached hydrogens (tertiary/aromatic N) is 3. The number of aromatic nitrogens is 3. The first-order chi connectivity index (χ1) is 16.9. The molecule has 1 aliphatic rings. The highest BCUT2D eigenvalue weighted by molar-refractivity contribution is 6.02. The van der Waals surface area contributed by atoms with E-state index in [1.54, 1.807) is 20.0 Å². The molecule has 3 aromatic rings. The first-order valence-electron chi connectivity index (χ1n) is 11.4. The van der Waals surface area contributed by atoms with Crippen LogP contribution >= 0.6 is 0 Å². The minimum absolute atomic E-state index is 0.0363. The molecule has 35 heavy (non-hydrogen) atoms. The maximum atomic E-state index is 13.1. The van der Waals surface area contributed by atoms with Gasteiger partial charge in [0.2, 0.25) is 5.82 Å². The number of amides is 2. The molecule has 1 atom stereocenters. The molecule has 0 bridgehead atoms. The van der Waals surface area contributed by atoms with Gasteiger partial charge in [-0.2, -0.15) is 0 Å². The molecule has 1 aromatic heterocycles. The summed E-state index contributed by atoms with van der Waals surface area (Å²) in [5.74, 6) is -0.166. The highest BCUT2D eigenvalue weighted by Crippen LogP contribution is 2.32. The molecule has 0 aliphatic carbocycles. The highest BCUT2D eigenvalue weighted by Gasteiger charge is 2.31. The molecule has 0 fully saturated rings. The van der Waals surface area contributed by atoms with Gasteiger partial charge in [0.15, 0.2) is 0 Å². The summed E-state index contributed by atoms with van der Waals surface area (Å²) in [4.78, 5) is 43.2. The van der Waals surface area contributed by atoms with E-state index in [1.807, 2.05) is 42.5 Å². The number of hydrogen-bond acceptors (Lipinski definition) is 7. The number of rotatable bonds is 8. The molecule has 2 N–H and O–H groups in total. The van der Waals surface area contributed by atoms with Gasteiger partial charge in [-0.3, -0.25) is 19.5 Å². The van der Waals surface area contributed by atoms with E-state index >= 15 is 0 Å². The molecule has 2 amide bonds. The minimum Gasteiger partial charge on any atom is -0.489 e. The quantitative estimate of drug-likeness (QED) is 0.476. The number of aromatic amines is 1. The van der Waals surface area contributed by atoms with Crippen LogP contribution in [0.1, 0.15) is 40.9 Å². The van der Waals surface area contributed by atoms with Gasteiger partial charge in [0, 0.05) is 19.9 Å². The third-order valence-electron chi connectivity index (χ3n) is 5.60. The van der Waals surface area contributed by atoms with Crippen molar-refractivity contribution in [3.8, 4) is 5.75 Å². The van der Waals surface area contributed by atoms with Crippen LogP contribution in [-0.2, 0) is 27.2 Å². The van der Waals surface area contributed by atoms with Crippen molar-refractivity contribution in [2.24, 2.45) is 0 Å². The number of hydrogen-bond donors (Lipinski definition) is 2. The number of carbonyl (C=O) groups excluding carboxylic acids is 3. The Bertz CT molecular complexity index is 1210. The van der Waals surface area contributed by atoms with Gasteiger partial charge in [-0.05, 0) is 36.6 Å². The van der Waals surface area contributed by atoms with E-state index in [4.69, 9.17) is 9.47 Å². The molecule has 2 heterocycles. The summed E-state index contributed by atoms with van der Waals surface area (Å²) in [7, 11) is 1.62. The zero-order chi connectivity index (χ0) is 24.8. The second kappa shape index (κ2) is 10.8. The second-order valence-corrected chi connectivity index (χ2v) is 8.11. The molecule has 10 heteroatoms. The standard InChI is InChI=1S/C25H27N5O5/c1-3-34-22(31)12-10-17-9-11-20-19(13-17)30(2)25(33)18(15-35-20)26-24(32)23-27-21(28-29-23)14-16-7-5-4-6-8-16/h4-9,11,13,18H,3,10,12,14-15H2,1-2H3,(H,26,32)(H,27,28,29). The number of anilines is 1. The Labute approximate surface area is 202 Å². The van der Waals surface area contributed by atoms with Crippen molar-refractivity contribution < 1.29 is 23.9 Å². The maximum Gasteiger partial charge on any atom is 0.306 e. The molecule has 0 spiro atoms. The van der Waals surface area contributed by atoms with Crippen LogP contribution in [0.25, 0.3) is 0 Å². The van der Waals surface area contributed by atoms with Crippen molar-refractivity contribution >= 4 is 23.5 Å². The highest BCUT2D eigenvalue weighted by atomic mass is 16.5. The van der Waals surface area contributed by atoms with Crippen LogP contribution in [-0.4, -0.2) is 59.3 Å². The number of ether oxygens (including phenoxy) is 2. The summed E-state index contributed by atoms with van der Waals surface area (Å²) in [6.45, 7) is 2.06. The van der Waals surface area contributed by atoms with Crippen LogP contribution in [0, 0.1) is 0 Å². The molecule has 182 valence electrons. The lowest BCUT2D eigenvalue weighted by Crippen LogP contribution is -2.49. The molecule has 0 saturated heterocycles. The van der Waals surface area contributed by atoms with Crippen molar-refractivity contribution in [2.45, 2.75) is 32.2 Å². The topological polar surface area (TPSA) is 127 Å². The number of aryl methyl sites for hydroxylation is 1. The van der Waals surface area contributed by atoms with Crippen molar-refractivity contribution in [1.82, 2.24) is 20.5 Å². The monoisotopic (exact) mass is 477 g/mol. The summed E-state index contributed by atoms with van der Waals surface area (Å²) in [5.41, 5.74) is 2.47. The summed E-state index contributed by atoms with van der Waals surface area (Å²) in [6.07, 6.45) is 1.22. The number of nitrogens with one attached hydrogen (secondary N) is 2. The molecule has 4 rings (SSSR count). The van der Waals surface area contributed by atoms with Gasteiger partial charge in [0.25, 0.3) is 11.8 Å². The molecule has 0 saturated carbocycles. The number of likely N-dealkylation sites (N-methyl/N-ethyl adjacent to an activating group) is 1. The van der Waals surface area contributed by atoms with Gasteiger partial charge < -0.3 is 19.7 Å². The summed E-state index contributed by atoms with van der Waals surface area (Å²) < 4.78 is 10.8. The molecule has 1 unspecified atom stereocenters. The lowest BCUT2D eigenvalue weighted by atomic mass is 10.1. The lowest BCUT2D eigenvalue weighted by Gasteiger charge is -2.20. The number of fused-ring (bicyclic) bond motifs is 1. The van der Waals surface area contributed by atoms with Crippen LogP contribution in [0.15, 0.2) is 48.5 Å². The van der Waals surface area contributed by atoms with Crippen LogP contribution in [0.3, 0.4) is 0 Å². The average molecular weight is 478 g/mol. The summed E-state index contributed by atoms with van der Waals surface area (Å²) in [6, 6.07) is 14.2. The van der Waals surface area contributed by atoms with Gasteiger partial charge in [-0.25, -0.2) is 4.98 Å². The number of H-pyrrole nitrogens is 1. The number of carbonyl (C=O) groups is 3. The first kappa shape index (κ1) is 23.9. The van der Waals surface area contributed by atoms with Gasteiger partial charge in [-0.15, -0.1) is 5.10 Å². The van der Waals surface area contributed by atoms with Crippen molar-refractivity contribution in [1.29, 1.82) is 0 Å². The van der Waals surface area contributed by atoms with Gasteiger partial charge in [-0.1, -0.05) is 36.4 Å². The van der Waals surface area contributed by atoms with Gasteiger partial charge in [0.05, 0.1) is 12.3 Å². The van der Waals surface area contributed by atoms with Crippen LogP contribution < -0.4 is 15.0 Å². The van der Waals surface area contributed by atoms with Crippen LogP contribution in [0.4, 0.5) is 5.69 Å². The fourth-order valence-electron chi connectivity index (χ4n) is 3.77. The van der Waals surface area contributed by atoms with E-state index < -0.39 is 11.9 Å². The zero-order valence-corrected chi connectivity index (χ0v) is 19.6. The van der Waals surface area contributed by atoms with Crippen molar-refractivity contribution in [3.05, 3.63) is 71.3 Å². The first-order valence-corrected chi connectivity index (χ1v) is 11.4. The van der Waals surface area contributed by atoms with E-state index in [1.165, 1.54) is 4.90 Å². The second-order valence-electron chi connectivity index (χ2n) is 8.11. The molecule has 0 radical (unpaired) electrons. The SMILES string of the molecule is CCOC(=O)CCc1ccc2c(c1)N(C)C(=O)C(NC(=O)c1n[nH]c(Cc3ccccc3)n1)CO2. The normalized spacial score (nSPS) is 15.1. The minimum atomic E-state index is -0.918. The largest absolute Gasteiger partial charge is 0.489 e. The Morgan fingerprint density at radius 2 is 2.00 bits per heavy atom. The van der Waals surface area contributed by atoms with Crippen molar-refractivity contribution in [3.63, 3.8) is 0 Å². The fourth-order valence-corrected chi connectivity index (χ4v) is 3.77. The molecular formula is C25H27N5O5. The predicted octanol–water partition coefficient (Wildman–Crippen LogP) is 2.04. The van der Waals surface area contributed by atoms with E-state index in [9.17, 15) is 14.4 Å². The zero-order valence-electron chi connectivity index (χ0n) is 19.6. The average Bonchev–Trinajstić information content (AvgIpc) is 3.30. The molecule has 1 aliphatic heterocycles. The molecule has 10 nitrogen and oxygen atoms in total. The van der Waals surface area contributed by atoms with Gasteiger partial charge >= 0.3 is 5.97 Å². The van der Waals surface area contributed by atoms with E-state index in [-0.39, 0.29) is 30.7 Å². The van der Waals surface area contributed by atoms with E-state index in [2.05, 4.69) is 20.5 Å².